The third-order valence-electron chi connectivity index (χ3n) is 5.11. The molecule has 1 saturated carbocycles. The standard InChI is InChI=1S/C20H28N6/c1-14-7-8-21-19(22-14)26-11-9-25(10-12-26)17-13-16(20(2,3)4)23-18(24-17)15-5-6-15/h7-8,13,15H,5-6,9-12H2,1-4H3. The van der Waals surface area contributed by atoms with Crippen molar-refractivity contribution in [2.24, 2.45) is 0 Å². The second-order valence-corrected chi connectivity index (χ2v) is 8.47. The first-order chi connectivity index (χ1) is 12.4. The molecule has 0 N–H and O–H groups in total. The molecule has 0 amide bonds. The van der Waals surface area contributed by atoms with Crippen LogP contribution in [0.3, 0.4) is 0 Å². The molecule has 26 heavy (non-hydrogen) atoms. The Labute approximate surface area is 155 Å². The minimum absolute atomic E-state index is 0.0402. The van der Waals surface area contributed by atoms with Crippen molar-refractivity contribution >= 4 is 11.8 Å². The molecule has 0 spiro atoms. The van der Waals surface area contributed by atoms with Gasteiger partial charge in [-0.1, -0.05) is 20.8 Å². The van der Waals surface area contributed by atoms with E-state index in [1.54, 1.807) is 0 Å². The molecule has 4 rings (SSSR count). The van der Waals surface area contributed by atoms with Crippen molar-refractivity contribution in [2.75, 3.05) is 36.0 Å². The Morgan fingerprint density at radius 3 is 2.27 bits per heavy atom. The third kappa shape index (κ3) is 3.64. The van der Waals surface area contributed by atoms with Gasteiger partial charge >= 0.3 is 0 Å². The van der Waals surface area contributed by atoms with Crippen LogP contribution in [-0.4, -0.2) is 46.1 Å². The normalized spacial score (nSPS) is 18.3. The first kappa shape index (κ1) is 17.2. The monoisotopic (exact) mass is 352 g/mol. The highest BCUT2D eigenvalue weighted by Crippen LogP contribution is 2.39. The van der Waals surface area contributed by atoms with Crippen LogP contribution in [0.25, 0.3) is 0 Å². The molecule has 0 atom stereocenters. The molecule has 6 nitrogen and oxygen atoms in total. The number of hydrogen-bond donors (Lipinski definition) is 0. The van der Waals surface area contributed by atoms with Gasteiger partial charge in [-0.25, -0.2) is 19.9 Å². The number of aromatic nitrogens is 4. The van der Waals surface area contributed by atoms with Crippen molar-refractivity contribution in [3.63, 3.8) is 0 Å². The molecule has 6 heteroatoms. The summed E-state index contributed by atoms with van der Waals surface area (Å²) in [6.07, 6.45) is 4.29. The van der Waals surface area contributed by atoms with Gasteiger partial charge in [-0.3, -0.25) is 0 Å². The molecule has 2 aliphatic rings. The summed E-state index contributed by atoms with van der Waals surface area (Å²) in [6.45, 7) is 12.4. The molecular weight excluding hydrogens is 324 g/mol. The molecule has 1 saturated heterocycles. The van der Waals surface area contributed by atoms with Gasteiger partial charge in [0.1, 0.15) is 11.6 Å². The molecule has 138 valence electrons. The molecule has 2 aromatic heterocycles. The minimum Gasteiger partial charge on any atom is -0.353 e. The molecule has 0 unspecified atom stereocenters. The molecule has 2 fully saturated rings. The lowest BCUT2D eigenvalue weighted by molar-refractivity contribution is 0.559. The van der Waals surface area contributed by atoms with E-state index in [1.807, 2.05) is 19.2 Å². The van der Waals surface area contributed by atoms with Crippen molar-refractivity contribution in [1.82, 2.24) is 19.9 Å². The molecule has 3 heterocycles. The lowest BCUT2D eigenvalue weighted by Gasteiger charge is -2.36. The summed E-state index contributed by atoms with van der Waals surface area (Å²) >= 11 is 0. The lowest BCUT2D eigenvalue weighted by atomic mass is 9.91. The van der Waals surface area contributed by atoms with E-state index in [0.29, 0.717) is 5.92 Å². The summed E-state index contributed by atoms with van der Waals surface area (Å²) in [7, 11) is 0. The summed E-state index contributed by atoms with van der Waals surface area (Å²) in [4.78, 5) is 23.4. The Hall–Kier alpha value is -2.24. The SMILES string of the molecule is Cc1ccnc(N2CCN(c3cc(C(C)(C)C)nc(C4CC4)n3)CC2)n1. The van der Waals surface area contributed by atoms with E-state index in [0.717, 1.165) is 55.2 Å². The highest BCUT2D eigenvalue weighted by atomic mass is 15.3. The van der Waals surface area contributed by atoms with E-state index in [4.69, 9.17) is 9.97 Å². The van der Waals surface area contributed by atoms with Gasteiger partial charge in [0, 0.05) is 55.5 Å². The van der Waals surface area contributed by atoms with Crippen LogP contribution < -0.4 is 9.80 Å². The Morgan fingerprint density at radius 1 is 0.962 bits per heavy atom. The average molecular weight is 352 g/mol. The average Bonchev–Trinajstić information content (AvgIpc) is 3.46. The molecule has 0 aromatic carbocycles. The van der Waals surface area contributed by atoms with Gasteiger partial charge in [0.2, 0.25) is 5.95 Å². The zero-order valence-corrected chi connectivity index (χ0v) is 16.2. The largest absolute Gasteiger partial charge is 0.353 e. The molecule has 1 aliphatic carbocycles. The van der Waals surface area contributed by atoms with Crippen LogP contribution in [0.1, 0.15) is 56.7 Å². The number of rotatable bonds is 3. The highest BCUT2D eigenvalue weighted by Gasteiger charge is 2.30. The minimum atomic E-state index is 0.0402. The molecule has 2 aromatic rings. The first-order valence-electron chi connectivity index (χ1n) is 9.59. The second kappa shape index (κ2) is 6.49. The van der Waals surface area contributed by atoms with Gasteiger partial charge in [-0.15, -0.1) is 0 Å². The number of hydrogen-bond acceptors (Lipinski definition) is 6. The van der Waals surface area contributed by atoms with Crippen LogP contribution in [0, 0.1) is 6.92 Å². The number of anilines is 2. The van der Waals surface area contributed by atoms with E-state index >= 15 is 0 Å². The van der Waals surface area contributed by atoms with Gasteiger partial charge in [0.05, 0.1) is 5.69 Å². The van der Waals surface area contributed by atoms with Crippen LogP contribution in [-0.2, 0) is 5.41 Å². The van der Waals surface area contributed by atoms with Crippen molar-refractivity contribution in [3.05, 3.63) is 35.5 Å². The van der Waals surface area contributed by atoms with Crippen LogP contribution >= 0.6 is 0 Å². The van der Waals surface area contributed by atoms with Crippen LogP contribution in [0.15, 0.2) is 18.3 Å². The second-order valence-electron chi connectivity index (χ2n) is 8.47. The fourth-order valence-corrected chi connectivity index (χ4v) is 3.25. The number of piperazine rings is 1. The molecule has 0 bridgehead atoms. The topological polar surface area (TPSA) is 58.0 Å². The summed E-state index contributed by atoms with van der Waals surface area (Å²) in [5.74, 6) is 3.52. The predicted octanol–water partition coefficient (Wildman–Crippen LogP) is 3.08. The summed E-state index contributed by atoms with van der Waals surface area (Å²) < 4.78 is 0. The fourth-order valence-electron chi connectivity index (χ4n) is 3.25. The Bertz CT molecular complexity index is 785. The fraction of sp³-hybridized carbons (Fsp3) is 0.600. The Balaban J connectivity index is 1.53. The van der Waals surface area contributed by atoms with Crippen molar-refractivity contribution in [1.29, 1.82) is 0 Å². The third-order valence-corrected chi connectivity index (χ3v) is 5.11. The van der Waals surface area contributed by atoms with E-state index < -0.39 is 0 Å². The molecule has 1 aliphatic heterocycles. The maximum absolute atomic E-state index is 4.91. The number of aryl methyl sites for hydroxylation is 1. The highest BCUT2D eigenvalue weighted by molar-refractivity contribution is 5.45. The summed E-state index contributed by atoms with van der Waals surface area (Å²) in [5, 5.41) is 0. The van der Waals surface area contributed by atoms with Gasteiger partial charge in [0.25, 0.3) is 0 Å². The van der Waals surface area contributed by atoms with Gasteiger partial charge < -0.3 is 9.80 Å². The van der Waals surface area contributed by atoms with Crippen LogP contribution in [0.4, 0.5) is 11.8 Å². The zero-order valence-electron chi connectivity index (χ0n) is 16.2. The lowest BCUT2D eigenvalue weighted by Crippen LogP contribution is -2.47. The van der Waals surface area contributed by atoms with Crippen LogP contribution in [0.2, 0.25) is 0 Å². The summed E-state index contributed by atoms with van der Waals surface area (Å²) in [5.41, 5.74) is 2.20. The van der Waals surface area contributed by atoms with Gasteiger partial charge in [0.15, 0.2) is 0 Å². The Kier molecular flexibility index (Phi) is 4.29. The quantitative estimate of drug-likeness (QED) is 0.846. The van der Waals surface area contributed by atoms with Crippen LogP contribution in [0.5, 0.6) is 0 Å². The Morgan fingerprint density at radius 2 is 1.65 bits per heavy atom. The van der Waals surface area contributed by atoms with Crippen molar-refractivity contribution < 1.29 is 0 Å². The van der Waals surface area contributed by atoms with Crippen molar-refractivity contribution in [3.8, 4) is 0 Å². The van der Waals surface area contributed by atoms with Crippen molar-refractivity contribution in [2.45, 2.75) is 51.9 Å². The smallest absolute Gasteiger partial charge is 0.225 e. The number of nitrogens with zero attached hydrogens (tertiary/aromatic N) is 6. The van der Waals surface area contributed by atoms with Gasteiger partial charge in [-0.2, -0.15) is 0 Å². The van der Waals surface area contributed by atoms with E-state index in [2.05, 4.69) is 46.6 Å². The molecular formula is C20H28N6. The first-order valence-corrected chi connectivity index (χ1v) is 9.59. The molecule has 0 radical (unpaired) electrons. The maximum Gasteiger partial charge on any atom is 0.225 e. The van der Waals surface area contributed by atoms with E-state index in [-0.39, 0.29) is 5.41 Å². The van der Waals surface area contributed by atoms with E-state index in [1.165, 1.54) is 12.8 Å². The predicted molar refractivity (Wildman–Crippen MR) is 104 cm³/mol. The summed E-state index contributed by atoms with van der Waals surface area (Å²) in [6, 6.07) is 4.12. The maximum atomic E-state index is 4.91. The van der Waals surface area contributed by atoms with Gasteiger partial charge in [-0.05, 0) is 25.8 Å². The van der Waals surface area contributed by atoms with E-state index in [9.17, 15) is 0 Å². The zero-order chi connectivity index (χ0) is 18.3.